The van der Waals surface area contributed by atoms with Crippen LogP contribution in [0.15, 0.2) is 24.4 Å². The number of nitrogens with zero attached hydrogens (tertiary/aromatic N) is 2. The number of carbonyl (C=O) groups is 1. The first-order valence-corrected chi connectivity index (χ1v) is 8.79. The van der Waals surface area contributed by atoms with Crippen LogP contribution in [-0.4, -0.2) is 46.6 Å². The van der Waals surface area contributed by atoms with Crippen molar-refractivity contribution in [1.82, 2.24) is 20.0 Å². The van der Waals surface area contributed by atoms with Crippen molar-refractivity contribution in [2.24, 2.45) is 0 Å². The molecule has 6 nitrogen and oxygen atoms in total. The highest BCUT2D eigenvalue weighted by Gasteiger charge is 2.43. The fourth-order valence-corrected chi connectivity index (χ4v) is 4.03. The Hall–Kier alpha value is -1.92. The normalized spacial score (nSPS) is 23.5. The number of piperidine rings is 1. The van der Waals surface area contributed by atoms with E-state index in [9.17, 15) is 4.79 Å². The lowest BCUT2D eigenvalue weighted by Gasteiger charge is -2.46. The molecule has 0 radical (unpaired) electrons. The Morgan fingerprint density at radius 1 is 1.42 bits per heavy atom. The second kappa shape index (κ2) is 6.18. The van der Waals surface area contributed by atoms with E-state index in [2.05, 4.69) is 15.6 Å². The quantitative estimate of drug-likeness (QED) is 0.880. The van der Waals surface area contributed by atoms with E-state index in [4.69, 9.17) is 4.74 Å². The molecule has 0 aromatic carbocycles. The second-order valence-electron chi connectivity index (χ2n) is 6.81. The Bertz CT molecular complexity index is 740. The molecule has 128 valence electrons. The molecule has 4 rings (SSSR count). The highest BCUT2D eigenvalue weighted by atomic mass is 16.5. The lowest BCUT2D eigenvalue weighted by Crippen LogP contribution is -2.60. The minimum absolute atomic E-state index is 0.0602. The molecule has 0 aliphatic carbocycles. The molecule has 2 aromatic heterocycles. The zero-order valence-corrected chi connectivity index (χ0v) is 14.0. The monoisotopic (exact) mass is 328 g/mol. The molecule has 2 N–H and O–H groups in total. The van der Waals surface area contributed by atoms with Crippen molar-refractivity contribution in [3.8, 4) is 0 Å². The van der Waals surface area contributed by atoms with E-state index in [0.717, 1.165) is 56.7 Å². The Morgan fingerprint density at radius 3 is 3.04 bits per heavy atom. The van der Waals surface area contributed by atoms with Crippen molar-refractivity contribution < 1.29 is 9.53 Å². The Kier molecular flexibility index (Phi) is 4.02. The molecule has 0 bridgehead atoms. The first-order chi connectivity index (χ1) is 11.7. The van der Waals surface area contributed by atoms with E-state index >= 15 is 0 Å². The lowest BCUT2D eigenvalue weighted by molar-refractivity contribution is -0.114. The predicted octanol–water partition coefficient (Wildman–Crippen LogP) is 1.67. The molecule has 1 atom stereocenters. The van der Waals surface area contributed by atoms with Crippen molar-refractivity contribution >= 4 is 11.6 Å². The summed E-state index contributed by atoms with van der Waals surface area (Å²) in [7, 11) is 0. The summed E-state index contributed by atoms with van der Waals surface area (Å²) >= 11 is 0. The van der Waals surface area contributed by atoms with Crippen molar-refractivity contribution in [1.29, 1.82) is 0 Å². The Labute approximate surface area is 141 Å². The van der Waals surface area contributed by atoms with E-state index < -0.39 is 0 Å². The van der Waals surface area contributed by atoms with Crippen molar-refractivity contribution in [3.05, 3.63) is 35.8 Å². The van der Waals surface area contributed by atoms with Gasteiger partial charge in [-0.3, -0.25) is 4.79 Å². The fraction of sp³-hybridized carbons (Fsp3) is 0.556. The van der Waals surface area contributed by atoms with Gasteiger partial charge in [-0.05, 0) is 57.8 Å². The highest BCUT2D eigenvalue weighted by molar-refractivity contribution is 5.94. The third-order valence-electron chi connectivity index (χ3n) is 5.40. The summed E-state index contributed by atoms with van der Waals surface area (Å²) in [5, 5.41) is 6.61. The number of aryl methyl sites for hydroxylation is 1. The molecule has 24 heavy (non-hydrogen) atoms. The zero-order chi connectivity index (χ0) is 16.6. The van der Waals surface area contributed by atoms with Gasteiger partial charge in [-0.25, -0.2) is 4.98 Å². The third-order valence-corrected chi connectivity index (χ3v) is 5.40. The molecule has 1 unspecified atom stereocenters. The van der Waals surface area contributed by atoms with Crippen LogP contribution in [0.5, 0.6) is 0 Å². The maximum absolute atomic E-state index is 12.9. The van der Waals surface area contributed by atoms with Gasteiger partial charge in [-0.2, -0.15) is 0 Å². The van der Waals surface area contributed by atoms with Crippen molar-refractivity contribution in [3.63, 3.8) is 0 Å². The summed E-state index contributed by atoms with van der Waals surface area (Å²) in [6.07, 6.45) is 5.79. The van der Waals surface area contributed by atoms with Gasteiger partial charge < -0.3 is 19.8 Å². The smallest absolute Gasteiger partial charge is 0.272 e. The first-order valence-electron chi connectivity index (χ1n) is 8.79. The molecule has 1 amide bonds. The molecule has 2 aliphatic rings. The number of hydrogen-bond donors (Lipinski definition) is 2. The molecule has 2 saturated heterocycles. The third kappa shape index (κ3) is 2.59. The van der Waals surface area contributed by atoms with Crippen LogP contribution < -0.4 is 10.6 Å². The first kappa shape index (κ1) is 15.6. The number of ether oxygens (including phenoxy) is 1. The van der Waals surface area contributed by atoms with Crippen LogP contribution in [-0.2, 0) is 4.74 Å². The van der Waals surface area contributed by atoms with Crippen LogP contribution in [0.1, 0.15) is 41.9 Å². The number of carbonyl (C=O) groups excluding carboxylic acids is 1. The molecule has 2 aromatic rings. The largest absolute Gasteiger partial charge is 0.373 e. The molecule has 4 heterocycles. The minimum Gasteiger partial charge on any atom is -0.373 e. The predicted molar refractivity (Wildman–Crippen MR) is 91.2 cm³/mol. The molecular weight excluding hydrogens is 304 g/mol. The van der Waals surface area contributed by atoms with Crippen LogP contribution in [0.3, 0.4) is 0 Å². The number of hydrogen-bond acceptors (Lipinski definition) is 4. The van der Waals surface area contributed by atoms with Gasteiger partial charge in [0.1, 0.15) is 11.3 Å². The SMILES string of the molecule is Cc1c(C(=O)NC2CCCOC23CCNCC3)nc2ccccn12. The van der Waals surface area contributed by atoms with E-state index in [0.29, 0.717) is 5.69 Å². The average Bonchev–Trinajstić information content (AvgIpc) is 2.95. The van der Waals surface area contributed by atoms with Gasteiger partial charge in [0.15, 0.2) is 0 Å². The van der Waals surface area contributed by atoms with Crippen LogP contribution in [0.2, 0.25) is 0 Å². The molecule has 1 spiro atoms. The molecule has 2 aliphatic heterocycles. The van der Waals surface area contributed by atoms with Crippen molar-refractivity contribution in [2.45, 2.75) is 44.2 Å². The lowest BCUT2D eigenvalue weighted by atomic mass is 9.80. The van der Waals surface area contributed by atoms with Gasteiger partial charge in [-0.15, -0.1) is 0 Å². The standard InChI is InChI=1S/C18H24N4O2/c1-13-16(21-15-6-2-3-11-22(13)15)17(23)20-14-5-4-12-24-18(14)7-9-19-10-8-18/h2-3,6,11,14,19H,4-5,7-10,12H2,1H3,(H,20,23). The number of pyridine rings is 1. The van der Waals surface area contributed by atoms with Gasteiger partial charge in [0, 0.05) is 12.8 Å². The van der Waals surface area contributed by atoms with E-state index in [1.54, 1.807) is 0 Å². The van der Waals surface area contributed by atoms with Gasteiger partial charge >= 0.3 is 0 Å². The average molecular weight is 328 g/mol. The van der Waals surface area contributed by atoms with Crippen LogP contribution in [0, 0.1) is 6.92 Å². The zero-order valence-electron chi connectivity index (χ0n) is 14.0. The van der Waals surface area contributed by atoms with Crippen LogP contribution in [0.4, 0.5) is 0 Å². The van der Waals surface area contributed by atoms with E-state index in [1.165, 1.54) is 0 Å². The number of aromatic nitrogens is 2. The second-order valence-corrected chi connectivity index (χ2v) is 6.81. The van der Waals surface area contributed by atoms with E-state index in [1.807, 2.05) is 35.7 Å². The Balaban J connectivity index is 1.58. The number of amides is 1. The van der Waals surface area contributed by atoms with Crippen molar-refractivity contribution in [2.75, 3.05) is 19.7 Å². The fourth-order valence-electron chi connectivity index (χ4n) is 4.03. The maximum atomic E-state index is 12.9. The molecule has 0 saturated carbocycles. The number of fused-ring (bicyclic) bond motifs is 1. The summed E-state index contributed by atoms with van der Waals surface area (Å²) in [4.78, 5) is 17.4. The number of nitrogens with one attached hydrogen (secondary N) is 2. The van der Waals surface area contributed by atoms with Gasteiger partial charge in [-0.1, -0.05) is 6.07 Å². The van der Waals surface area contributed by atoms with Gasteiger partial charge in [0.05, 0.1) is 17.3 Å². The highest BCUT2D eigenvalue weighted by Crippen LogP contribution is 2.33. The van der Waals surface area contributed by atoms with Crippen LogP contribution in [0.25, 0.3) is 5.65 Å². The number of imidazole rings is 1. The minimum atomic E-state index is -0.216. The topological polar surface area (TPSA) is 67.7 Å². The molecular formula is C18H24N4O2. The van der Waals surface area contributed by atoms with E-state index in [-0.39, 0.29) is 17.6 Å². The summed E-state index contributed by atoms with van der Waals surface area (Å²) in [6.45, 7) is 4.62. The van der Waals surface area contributed by atoms with Gasteiger partial charge in [0.2, 0.25) is 0 Å². The molecule has 2 fully saturated rings. The summed E-state index contributed by atoms with van der Waals surface area (Å²) in [5.41, 5.74) is 1.97. The summed E-state index contributed by atoms with van der Waals surface area (Å²) in [5.74, 6) is -0.0930. The number of rotatable bonds is 2. The maximum Gasteiger partial charge on any atom is 0.272 e. The molecule has 6 heteroatoms. The summed E-state index contributed by atoms with van der Waals surface area (Å²) in [6, 6.07) is 5.86. The summed E-state index contributed by atoms with van der Waals surface area (Å²) < 4.78 is 8.12. The van der Waals surface area contributed by atoms with Gasteiger partial charge in [0.25, 0.3) is 5.91 Å². The van der Waals surface area contributed by atoms with Crippen LogP contribution >= 0.6 is 0 Å². The Morgan fingerprint density at radius 2 is 2.25 bits per heavy atom.